The van der Waals surface area contributed by atoms with Crippen LogP contribution < -0.4 is 35.5 Å². The van der Waals surface area contributed by atoms with Crippen molar-refractivity contribution in [2.24, 2.45) is 30.7 Å². The second kappa shape index (κ2) is 39.3. The number of carbonyl (C=O) groups is 6. The van der Waals surface area contributed by atoms with Crippen molar-refractivity contribution in [1.82, 2.24) is 44.7 Å². The highest BCUT2D eigenvalue weighted by Gasteiger charge is 2.51. The first kappa shape index (κ1) is 89.7. The lowest BCUT2D eigenvalue weighted by atomic mass is 10.0. The molecule has 6 amide bonds. The number of hydrogen-bond acceptors (Lipinski definition) is 23. The lowest BCUT2D eigenvalue weighted by Crippen LogP contribution is -2.56. The zero-order valence-electron chi connectivity index (χ0n) is 69.9. The number of hydrogen-bond donors (Lipinski definition) is 5. The Bertz CT molecular complexity index is 5970. The fourth-order valence-corrected chi connectivity index (χ4v) is 14.6. The summed E-state index contributed by atoms with van der Waals surface area (Å²) < 4.78 is 107. The van der Waals surface area contributed by atoms with Crippen LogP contribution in [0.15, 0.2) is 175 Å². The number of ether oxygens (including phenoxy) is 5. The van der Waals surface area contributed by atoms with E-state index in [1.165, 1.54) is 42.6 Å². The highest BCUT2D eigenvalue weighted by Crippen LogP contribution is 2.49. The number of carbonyl (C=O) groups excluding carboxylic acids is 6. The molecule has 4 saturated carbocycles. The van der Waals surface area contributed by atoms with Crippen LogP contribution in [-0.4, -0.2) is 167 Å². The molecule has 0 spiro atoms. The first-order chi connectivity index (χ1) is 61.5. The molecule has 17 rings (SSSR count). The molecule has 30 nitrogen and oxygen atoms in total. The molecular weight excluding hydrogens is 1660 g/mol. The number of aliphatic hydroxyl groups excluding tert-OH is 1. The summed E-state index contributed by atoms with van der Waals surface area (Å²) in [6, 6.07) is 44.5. The molecule has 3 aliphatic heterocycles. The minimum absolute atomic E-state index is 0.00439. The van der Waals surface area contributed by atoms with Crippen LogP contribution in [0.5, 0.6) is 17.2 Å². The van der Waals surface area contributed by atoms with Gasteiger partial charge in [-0.15, -0.1) is 0 Å². The molecule has 4 aromatic carbocycles. The van der Waals surface area contributed by atoms with E-state index >= 15 is 0 Å². The third-order valence-electron chi connectivity index (χ3n) is 22.0. The molecule has 10 aromatic rings. The summed E-state index contributed by atoms with van der Waals surface area (Å²) in [5.41, 5.74) is 7.22. The van der Waals surface area contributed by atoms with Gasteiger partial charge in [0, 0.05) is 141 Å². The molecule has 7 fully saturated rings. The van der Waals surface area contributed by atoms with Crippen LogP contribution in [0.3, 0.4) is 0 Å². The zero-order chi connectivity index (χ0) is 90.6. The van der Waals surface area contributed by atoms with E-state index in [4.69, 9.17) is 38.6 Å². The quantitative estimate of drug-likeness (QED) is 0.0417. The second-order valence-corrected chi connectivity index (χ2v) is 32.8. The van der Waals surface area contributed by atoms with Crippen LogP contribution in [0.1, 0.15) is 131 Å². The molecule has 0 unspecified atom stereocenters. The summed E-state index contributed by atoms with van der Waals surface area (Å²) >= 11 is 0. The molecule has 35 heteroatoms. The number of halogens is 5. The van der Waals surface area contributed by atoms with E-state index in [-0.39, 0.29) is 119 Å². The third kappa shape index (κ3) is 23.1. The van der Waals surface area contributed by atoms with Gasteiger partial charge in [-0.2, -0.15) is 26.1 Å². The summed E-state index contributed by atoms with van der Waals surface area (Å²) in [6.45, 7) is 3.86. The average Bonchev–Trinajstić information content (AvgIpc) is 1.55. The number of nitrogens with one attached hydrogen (secondary N) is 4. The lowest BCUT2D eigenvalue weighted by molar-refractivity contribution is -0.161. The normalized spacial score (nSPS) is 19.3. The molecule has 5 N–H and O–H groups in total. The van der Waals surface area contributed by atoms with E-state index in [2.05, 4.69) is 57.5 Å². The Balaban J connectivity index is 0.000000141. The summed E-state index contributed by atoms with van der Waals surface area (Å²) in [6.07, 6.45) is 12.4. The van der Waals surface area contributed by atoms with Crippen molar-refractivity contribution in [3.63, 3.8) is 0 Å². The van der Waals surface area contributed by atoms with E-state index in [1.54, 1.807) is 129 Å². The first-order valence-electron chi connectivity index (χ1n) is 41.5. The number of amides is 6. The Hall–Kier alpha value is -14.6. The van der Waals surface area contributed by atoms with Crippen LogP contribution in [0.4, 0.5) is 49.8 Å². The number of piperidine rings is 2. The summed E-state index contributed by atoms with van der Waals surface area (Å²) in [5.74, 6) is -6.10. The van der Waals surface area contributed by atoms with Crippen LogP contribution in [0.2, 0.25) is 0 Å². The van der Waals surface area contributed by atoms with Crippen molar-refractivity contribution in [2.75, 3.05) is 67.3 Å². The highest BCUT2D eigenvalue weighted by atomic mass is 19.3. The van der Waals surface area contributed by atoms with Crippen molar-refractivity contribution in [1.29, 1.82) is 21.0 Å². The summed E-state index contributed by atoms with van der Waals surface area (Å²) in [7, 11) is 1.83. The minimum Gasteiger partial charge on any atom is -0.489 e. The first-order valence-corrected chi connectivity index (χ1v) is 41.5. The zero-order valence-corrected chi connectivity index (χ0v) is 69.9. The van der Waals surface area contributed by atoms with Crippen molar-refractivity contribution in [3.05, 3.63) is 210 Å². The Morgan fingerprint density at radius 2 is 0.977 bits per heavy atom. The van der Waals surface area contributed by atoms with Crippen molar-refractivity contribution < 1.29 is 84.0 Å². The molecule has 0 bridgehead atoms. The van der Waals surface area contributed by atoms with Gasteiger partial charge in [-0.1, -0.05) is 17.3 Å². The van der Waals surface area contributed by atoms with E-state index in [9.17, 15) is 66.5 Å². The molecule has 4 aliphatic carbocycles. The van der Waals surface area contributed by atoms with Crippen molar-refractivity contribution in [3.8, 4) is 86.3 Å². The number of aryl methyl sites for hydroxylation is 1. The maximum absolute atomic E-state index is 14.9. The maximum Gasteiger partial charge on any atom is 0.410 e. The Kier molecular flexibility index (Phi) is 27.6. The highest BCUT2D eigenvalue weighted by molar-refractivity contribution is 5.97. The molecule has 7 aliphatic rings. The number of aliphatic hydroxyl groups is 1. The van der Waals surface area contributed by atoms with Gasteiger partial charge in [0.15, 0.2) is 12.2 Å². The van der Waals surface area contributed by atoms with Crippen molar-refractivity contribution in [2.45, 2.75) is 133 Å². The van der Waals surface area contributed by atoms with Gasteiger partial charge in [0.05, 0.1) is 71.8 Å². The fourth-order valence-electron chi connectivity index (χ4n) is 14.6. The number of likely N-dealkylation sites (tertiary alicyclic amines) is 2. The maximum atomic E-state index is 14.9. The van der Waals surface area contributed by atoms with E-state index in [0.717, 1.165) is 77.3 Å². The van der Waals surface area contributed by atoms with Crippen LogP contribution in [-0.2, 0) is 40.5 Å². The van der Waals surface area contributed by atoms with Gasteiger partial charge in [-0.3, -0.25) is 38.6 Å². The van der Waals surface area contributed by atoms with Gasteiger partial charge in [-0.05, 0) is 197 Å². The smallest absolute Gasteiger partial charge is 0.410 e. The standard InChI is InChI=1S/C27H26F2N6O4.C26H28F2N4O4.C24H22N4O4.C16H12FN3O/c1-34-8-5-21(33-34)19-12-20(19)26(38)32-24-11-17(4-7-31-24)16-2-3-22(18(10-16)13-30)39-23-6-9-35(25(37)14-36)15-27(23,28)29;1-25(2,3)36-24(34)32-11-9-22(26(27,28)15-32)35-21-7-6-17(12-18(21)14-29)20-13-19(8-10-30-20)31-23(33)16-4-5-16;25-14-17-11-15(1-2-21(17)31-18-5-9-30-10-6-18)16-3-7-26-23(12-16)28-24(29)20-13-19(20)22-4-8-27-32-22;17-14-4-3-11(7-12(14)9-18)15-8-13(5-6-19-15)20-16(21)10-1-2-10/h2-5,7-8,10-11,19-20,23,36H,6,9,12,14-15H2,1H3,(H,31,32,38);6-8,10,12-13,16,22H,4-5,9,11,15H2,1-3H3,(H,30,31,33);1-4,7-8,11-12,18-20H,5-6,9-10,13H2,(H,26,28,29);3-8,10H,1-2H2,(H,19,20,21)/t19-,20-,23-;22-;19-,20-;/m001./s1. The predicted molar refractivity (Wildman–Crippen MR) is 453 cm³/mol. The number of pyridine rings is 4. The number of aromatic nitrogens is 7. The van der Waals surface area contributed by atoms with Crippen LogP contribution in [0, 0.1) is 74.8 Å². The van der Waals surface area contributed by atoms with E-state index in [0.29, 0.717) is 87.6 Å². The van der Waals surface area contributed by atoms with E-state index in [1.807, 2.05) is 49.6 Å². The molecule has 6 aromatic heterocycles. The third-order valence-corrected chi connectivity index (χ3v) is 22.0. The van der Waals surface area contributed by atoms with Crippen LogP contribution >= 0.6 is 0 Å². The summed E-state index contributed by atoms with van der Waals surface area (Å²) in [4.78, 5) is 91.8. The largest absolute Gasteiger partial charge is 0.489 e. The lowest BCUT2D eigenvalue weighted by Gasteiger charge is -2.38. The molecule has 658 valence electrons. The molecule has 128 heavy (non-hydrogen) atoms. The number of anilines is 4. The van der Waals surface area contributed by atoms with Gasteiger partial charge in [-0.25, -0.2) is 36.7 Å². The van der Waals surface area contributed by atoms with Crippen LogP contribution in [0.25, 0.3) is 44.8 Å². The number of rotatable bonds is 21. The van der Waals surface area contributed by atoms with Gasteiger partial charge in [0.25, 0.3) is 0 Å². The molecule has 3 saturated heterocycles. The van der Waals surface area contributed by atoms with Gasteiger partial charge >= 0.3 is 17.9 Å². The number of benzene rings is 4. The number of nitrogens with zero attached hydrogens (tertiary/aromatic N) is 13. The monoisotopic (exact) mass is 1750 g/mol. The molecular formula is C93H88F5N17O13. The molecule has 0 radical (unpaired) electrons. The fraction of sp³-hybridized carbons (Fsp3) is 0.355. The summed E-state index contributed by atoms with van der Waals surface area (Å²) in [5, 5.41) is 66.3. The SMILES string of the molecule is CC(C)(C)OC(=O)N1CC[C@H](Oc2ccc(-c3cc(NC(=O)C4CC4)ccn3)cc2C#N)C(F)(F)C1.Cn1ccc([C@H]2C[C@@H]2C(=O)Nc2cc(-c3ccc(O[C@H]4CCN(C(=O)CO)CC4(F)F)c(C#N)c3)ccn2)n1.N#Cc1cc(-c2cc(NC(=O)C3CC3)ccn2)ccc1F.N#Cc1cc(-c2ccnc(NC(=O)[C@@H]3C[C@H]3c3ccno3)c2)ccc1OC1CCOCC1. The molecule has 6 atom stereocenters. The predicted octanol–water partition coefficient (Wildman–Crippen LogP) is 14.7. The van der Waals surface area contributed by atoms with Gasteiger partial charge in [0.2, 0.25) is 29.5 Å². The van der Waals surface area contributed by atoms with Gasteiger partial charge < -0.3 is 64.4 Å². The second-order valence-electron chi connectivity index (χ2n) is 32.8. The minimum atomic E-state index is -3.36. The topological polar surface area (TPSA) is 414 Å². The molecule has 9 heterocycles. The van der Waals surface area contributed by atoms with Crippen molar-refractivity contribution >= 4 is 58.6 Å². The van der Waals surface area contributed by atoms with E-state index < -0.39 is 67.2 Å². The Morgan fingerprint density at radius 3 is 1.45 bits per heavy atom. The Morgan fingerprint density at radius 1 is 0.516 bits per heavy atom. The Labute approximate surface area is 732 Å². The number of nitriles is 4. The van der Waals surface area contributed by atoms with Gasteiger partial charge in [0.1, 0.15) is 83.1 Å². The average molecular weight is 1750 g/mol. The number of alkyl halides is 4.